The zero-order valence-corrected chi connectivity index (χ0v) is 9.83. The SMILES string of the molecule is Cn1ccnc1CNc1cccc(N)c1[N+](=O)[O-]. The predicted octanol–water partition coefficient (Wildman–Crippen LogP) is 1.52. The Morgan fingerprint density at radius 3 is 2.94 bits per heavy atom. The normalized spacial score (nSPS) is 10.3. The zero-order valence-electron chi connectivity index (χ0n) is 9.83. The molecular formula is C11H13N5O2. The van der Waals surface area contributed by atoms with Gasteiger partial charge in [0.05, 0.1) is 11.5 Å². The number of nitrogen functional groups attached to an aromatic ring is 1. The summed E-state index contributed by atoms with van der Waals surface area (Å²) in [6.07, 6.45) is 3.48. The maximum atomic E-state index is 10.9. The molecule has 2 rings (SSSR count). The van der Waals surface area contributed by atoms with Gasteiger partial charge in [-0.05, 0) is 12.1 Å². The molecule has 3 N–H and O–H groups in total. The minimum absolute atomic E-state index is 0.105. The molecular weight excluding hydrogens is 234 g/mol. The molecule has 0 spiro atoms. The van der Waals surface area contributed by atoms with E-state index in [1.54, 1.807) is 18.3 Å². The predicted molar refractivity (Wildman–Crippen MR) is 68.0 cm³/mol. The Labute approximate surface area is 103 Å². The highest BCUT2D eigenvalue weighted by Crippen LogP contribution is 2.30. The van der Waals surface area contributed by atoms with E-state index in [1.807, 2.05) is 17.8 Å². The lowest BCUT2D eigenvalue weighted by atomic mass is 10.2. The summed E-state index contributed by atoms with van der Waals surface area (Å²) in [5, 5.41) is 13.9. The Balaban J connectivity index is 2.22. The Kier molecular flexibility index (Phi) is 3.13. The van der Waals surface area contributed by atoms with Crippen molar-refractivity contribution in [2.45, 2.75) is 6.54 Å². The molecule has 0 atom stereocenters. The van der Waals surface area contributed by atoms with Crippen LogP contribution in [0, 0.1) is 10.1 Å². The van der Waals surface area contributed by atoms with Gasteiger partial charge in [0.2, 0.25) is 0 Å². The standard InChI is InChI=1S/C11H13N5O2/c1-15-6-5-13-10(15)7-14-9-4-2-3-8(12)11(9)16(17)18/h2-6,14H,7,12H2,1H3. The summed E-state index contributed by atoms with van der Waals surface area (Å²) >= 11 is 0. The van der Waals surface area contributed by atoms with Crippen molar-refractivity contribution < 1.29 is 4.92 Å². The lowest BCUT2D eigenvalue weighted by Gasteiger charge is -2.08. The molecule has 0 aliphatic carbocycles. The van der Waals surface area contributed by atoms with Gasteiger partial charge in [-0.2, -0.15) is 0 Å². The monoisotopic (exact) mass is 247 g/mol. The molecule has 1 aromatic heterocycles. The van der Waals surface area contributed by atoms with Crippen molar-refractivity contribution in [3.63, 3.8) is 0 Å². The molecule has 0 aliphatic heterocycles. The molecule has 0 unspecified atom stereocenters. The molecule has 1 aromatic carbocycles. The van der Waals surface area contributed by atoms with E-state index in [-0.39, 0.29) is 11.4 Å². The molecule has 0 saturated carbocycles. The smallest absolute Gasteiger partial charge is 0.314 e. The third kappa shape index (κ3) is 2.24. The van der Waals surface area contributed by atoms with Gasteiger partial charge in [-0.1, -0.05) is 6.07 Å². The van der Waals surface area contributed by atoms with Crippen molar-refractivity contribution in [2.75, 3.05) is 11.1 Å². The molecule has 7 heteroatoms. The van der Waals surface area contributed by atoms with Gasteiger partial charge < -0.3 is 15.6 Å². The largest absolute Gasteiger partial charge is 0.393 e. The molecule has 0 aliphatic rings. The van der Waals surface area contributed by atoms with Crippen molar-refractivity contribution in [3.05, 3.63) is 46.5 Å². The number of anilines is 2. The number of nitrogens with two attached hydrogens (primary N) is 1. The number of rotatable bonds is 4. The van der Waals surface area contributed by atoms with Crippen molar-refractivity contribution >= 4 is 17.1 Å². The van der Waals surface area contributed by atoms with Crippen LogP contribution in [0.2, 0.25) is 0 Å². The van der Waals surface area contributed by atoms with Crippen molar-refractivity contribution in [2.24, 2.45) is 7.05 Å². The lowest BCUT2D eigenvalue weighted by Crippen LogP contribution is -2.08. The first kappa shape index (κ1) is 11.9. The van der Waals surface area contributed by atoms with Crippen molar-refractivity contribution in [1.29, 1.82) is 0 Å². The quantitative estimate of drug-likeness (QED) is 0.485. The Bertz CT molecular complexity index is 579. The van der Waals surface area contributed by atoms with Gasteiger partial charge in [0.1, 0.15) is 17.2 Å². The average Bonchev–Trinajstić information content (AvgIpc) is 2.71. The van der Waals surface area contributed by atoms with Crippen LogP contribution in [0.25, 0.3) is 0 Å². The number of aryl methyl sites for hydroxylation is 1. The molecule has 18 heavy (non-hydrogen) atoms. The highest BCUT2D eigenvalue weighted by atomic mass is 16.6. The van der Waals surface area contributed by atoms with E-state index >= 15 is 0 Å². The molecule has 2 aromatic rings. The van der Waals surface area contributed by atoms with Crippen LogP contribution in [0.4, 0.5) is 17.1 Å². The number of aromatic nitrogens is 2. The summed E-state index contributed by atoms with van der Waals surface area (Å²) in [7, 11) is 1.86. The maximum Gasteiger partial charge on any atom is 0.314 e. The number of nitro groups is 1. The van der Waals surface area contributed by atoms with Gasteiger partial charge in [-0.25, -0.2) is 4.98 Å². The fourth-order valence-corrected chi connectivity index (χ4v) is 1.65. The zero-order chi connectivity index (χ0) is 13.1. The number of benzene rings is 1. The summed E-state index contributed by atoms with van der Waals surface area (Å²) in [5.74, 6) is 0.784. The number of hydrogen-bond acceptors (Lipinski definition) is 5. The molecule has 1 heterocycles. The number of nitrogens with zero attached hydrogens (tertiary/aromatic N) is 3. The van der Waals surface area contributed by atoms with Crippen LogP contribution >= 0.6 is 0 Å². The first-order valence-electron chi connectivity index (χ1n) is 5.32. The van der Waals surface area contributed by atoms with Crippen LogP contribution in [0.15, 0.2) is 30.6 Å². The molecule has 0 amide bonds. The Morgan fingerprint density at radius 1 is 1.56 bits per heavy atom. The molecule has 0 fully saturated rings. The highest BCUT2D eigenvalue weighted by Gasteiger charge is 2.17. The second kappa shape index (κ2) is 4.74. The van der Waals surface area contributed by atoms with Crippen LogP contribution in [0.3, 0.4) is 0 Å². The van der Waals surface area contributed by atoms with Crippen LogP contribution in [-0.2, 0) is 13.6 Å². The Hall–Kier alpha value is -2.57. The fraction of sp³-hybridized carbons (Fsp3) is 0.182. The topological polar surface area (TPSA) is 99.0 Å². The summed E-state index contributed by atoms with van der Waals surface area (Å²) in [6, 6.07) is 4.80. The van der Waals surface area contributed by atoms with Crippen molar-refractivity contribution in [1.82, 2.24) is 9.55 Å². The van der Waals surface area contributed by atoms with Crippen LogP contribution < -0.4 is 11.1 Å². The summed E-state index contributed by atoms with van der Waals surface area (Å²) < 4.78 is 1.84. The van der Waals surface area contributed by atoms with Crippen molar-refractivity contribution in [3.8, 4) is 0 Å². The van der Waals surface area contributed by atoms with E-state index in [0.29, 0.717) is 12.2 Å². The second-order valence-corrected chi connectivity index (χ2v) is 3.81. The minimum atomic E-state index is -0.490. The molecule has 0 radical (unpaired) electrons. The third-order valence-electron chi connectivity index (χ3n) is 2.61. The van der Waals surface area contributed by atoms with E-state index < -0.39 is 4.92 Å². The molecule has 0 bridgehead atoms. The van der Waals surface area contributed by atoms with E-state index in [9.17, 15) is 10.1 Å². The minimum Gasteiger partial charge on any atom is -0.393 e. The van der Waals surface area contributed by atoms with Gasteiger partial charge in [0, 0.05) is 19.4 Å². The number of hydrogen-bond donors (Lipinski definition) is 2. The van der Waals surface area contributed by atoms with E-state index in [2.05, 4.69) is 10.3 Å². The molecule has 94 valence electrons. The van der Waals surface area contributed by atoms with E-state index in [4.69, 9.17) is 5.73 Å². The van der Waals surface area contributed by atoms with Gasteiger partial charge >= 0.3 is 5.69 Å². The maximum absolute atomic E-state index is 10.9. The van der Waals surface area contributed by atoms with E-state index in [0.717, 1.165) is 5.82 Å². The first-order chi connectivity index (χ1) is 8.59. The number of para-hydroxylation sites is 1. The lowest BCUT2D eigenvalue weighted by molar-refractivity contribution is -0.383. The highest BCUT2D eigenvalue weighted by molar-refractivity contribution is 5.74. The van der Waals surface area contributed by atoms with E-state index in [1.165, 1.54) is 6.07 Å². The second-order valence-electron chi connectivity index (χ2n) is 3.81. The average molecular weight is 247 g/mol. The van der Waals surface area contributed by atoms with Gasteiger partial charge in [0.25, 0.3) is 0 Å². The van der Waals surface area contributed by atoms with Gasteiger partial charge in [-0.3, -0.25) is 10.1 Å². The number of nitrogens with one attached hydrogen (secondary N) is 1. The van der Waals surface area contributed by atoms with Crippen LogP contribution in [0.1, 0.15) is 5.82 Å². The van der Waals surface area contributed by atoms with Crippen LogP contribution in [-0.4, -0.2) is 14.5 Å². The molecule has 7 nitrogen and oxygen atoms in total. The number of imidazole rings is 1. The number of nitro benzene ring substituents is 1. The molecule has 0 saturated heterocycles. The fourth-order valence-electron chi connectivity index (χ4n) is 1.65. The van der Waals surface area contributed by atoms with Gasteiger partial charge in [-0.15, -0.1) is 0 Å². The Morgan fingerprint density at radius 2 is 2.33 bits per heavy atom. The van der Waals surface area contributed by atoms with Gasteiger partial charge in [0.15, 0.2) is 0 Å². The summed E-state index contributed by atoms with van der Waals surface area (Å²) in [4.78, 5) is 14.6. The summed E-state index contributed by atoms with van der Waals surface area (Å²) in [6.45, 7) is 0.397. The first-order valence-corrected chi connectivity index (χ1v) is 5.32. The van der Waals surface area contributed by atoms with Crippen LogP contribution in [0.5, 0.6) is 0 Å². The third-order valence-corrected chi connectivity index (χ3v) is 2.61. The summed E-state index contributed by atoms with van der Waals surface area (Å²) in [5.41, 5.74) is 6.03.